The third-order valence-corrected chi connectivity index (χ3v) is 5.99. The molecule has 1 aromatic heterocycles. The fourth-order valence-corrected chi connectivity index (χ4v) is 4.35. The monoisotopic (exact) mass is 358 g/mol. The van der Waals surface area contributed by atoms with Gasteiger partial charge in [0.1, 0.15) is 11.5 Å². The number of alkyl halides is 1. The summed E-state index contributed by atoms with van der Waals surface area (Å²) in [6.45, 7) is 8.30. The Hall–Kier alpha value is -1.46. The maximum Gasteiger partial charge on any atom is 0.144 e. The van der Waals surface area contributed by atoms with Crippen LogP contribution in [0.5, 0.6) is 0 Å². The normalized spacial score (nSPS) is 30.3. The number of imidazole rings is 1. The van der Waals surface area contributed by atoms with Crippen LogP contribution >= 0.6 is 0 Å². The predicted molar refractivity (Wildman–Crippen MR) is 103 cm³/mol. The number of nitrogens with zero attached hydrogens (tertiary/aromatic N) is 3. The van der Waals surface area contributed by atoms with Crippen LogP contribution in [0, 0.1) is 0 Å². The molecule has 0 saturated carbocycles. The molecule has 2 saturated heterocycles. The Labute approximate surface area is 156 Å². The number of halogens is 1. The zero-order valence-corrected chi connectivity index (χ0v) is 15.8. The molecule has 3 aliphatic rings. The van der Waals surface area contributed by atoms with Gasteiger partial charge >= 0.3 is 0 Å². The summed E-state index contributed by atoms with van der Waals surface area (Å²) in [6.07, 6.45) is 14.4. The van der Waals surface area contributed by atoms with Crippen molar-refractivity contribution < 1.29 is 4.39 Å². The lowest BCUT2D eigenvalue weighted by atomic mass is 9.93. The third-order valence-electron chi connectivity index (χ3n) is 5.99. The molecule has 0 radical (unpaired) electrons. The largest absolute Gasteiger partial charge is 0.333 e. The molecule has 0 spiro atoms. The highest BCUT2D eigenvalue weighted by Gasteiger charge is 2.26. The van der Waals surface area contributed by atoms with Crippen molar-refractivity contribution in [3.05, 3.63) is 42.0 Å². The fourth-order valence-electron chi connectivity index (χ4n) is 4.35. The van der Waals surface area contributed by atoms with E-state index in [0.29, 0.717) is 5.92 Å². The van der Waals surface area contributed by atoms with E-state index in [2.05, 4.69) is 21.0 Å². The van der Waals surface area contributed by atoms with E-state index in [1.165, 1.54) is 31.8 Å². The summed E-state index contributed by atoms with van der Waals surface area (Å²) in [5.74, 6) is 1.86. The van der Waals surface area contributed by atoms with Crippen LogP contribution in [0.3, 0.4) is 0 Å². The highest BCUT2D eigenvalue weighted by molar-refractivity contribution is 5.31. The second-order valence-electron chi connectivity index (χ2n) is 8.19. The number of nitrogens with one attached hydrogen (secondary N) is 1. The molecule has 1 aliphatic carbocycles. The average molecular weight is 359 g/mol. The van der Waals surface area contributed by atoms with Gasteiger partial charge in [0.2, 0.25) is 0 Å². The van der Waals surface area contributed by atoms with Gasteiger partial charge in [0, 0.05) is 31.1 Å². The SMILES string of the molecule is CC1(F)C=CC(c2cn(CCN3CCCC3)c(C3CCNCC3)n2)C=C1. The minimum Gasteiger partial charge on any atom is -0.333 e. The maximum absolute atomic E-state index is 14.0. The van der Waals surface area contributed by atoms with E-state index in [1.54, 1.807) is 19.1 Å². The molecule has 3 heterocycles. The fraction of sp³-hybridized carbons (Fsp3) is 0.667. The summed E-state index contributed by atoms with van der Waals surface area (Å²) in [7, 11) is 0. The first-order chi connectivity index (χ1) is 12.6. The van der Waals surface area contributed by atoms with Crippen LogP contribution in [0.2, 0.25) is 0 Å². The molecule has 0 aromatic carbocycles. The summed E-state index contributed by atoms with van der Waals surface area (Å²) < 4.78 is 16.4. The van der Waals surface area contributed by atoms with Crippen LogP contribution in [0.15, 0.2) is 30.5 Å². The Bertz CT molecular complexity index is 648. The molecular formula is C21H31FN4. The van der Waals surface area contributed by atoms with E-state index in [9.17, 15) is 4.39 Å². The van der Waals surface area contributed by atoms with Gasteiger partial charge in [-0.05, 0) is 70.9 Å². The Balaban J connectivity index is 1.54. The lowest BCUT2D eigenvalue weighted by Crippen LogP contribution is -2.29. The summed E-state index contributed by atoms with van der Waals surface area (Å²) >= 11 is 0. The minimum atomic E-state index is -1.33. The van der Waals surface area contributed by atoms with E-state index in [-0.39, 0.29) is 5.92 Å². The summed E-state index contributed by atoms with van der Waals surface area (Å²) in [4.78, 5) is 7.60. The molecule has 1 N–H and O–H groups in total. The van der Waals surface area contributed by atoms with E-state index < -0.39 is 5.67 Å². The number of likely N-dealkylation sites (tertiary alicyclic amines) is 1. The van der Waals surface area contributed by atoms with Gasteiger partial charge in [-0.15, -0.1) is 0 Å². The second kappa shape index (κ2) is 7.65. The molecule has 0 unspecified atom stereocenters. The van der Waals surface area contributed by atoms with Crippen LogP contribution in [-0.2, 0) is 6.54 Å². The van der Waals surface area contributed by atoms with E-state index in [0.717, 1.165) is 44.7 Å². The molecule has 142 valence electrons. The summed E-state index contributed by atoms with van der Waals surface area (Å²) in [6, 6.07) is 0. The first-order valence-electron chi connectivity index (χ1n) is 10.2. The van der Waals surface area contributed by atoms with Crippen LogP contribution < -0.4 is 5.32 Å². The quantitative estimate of drug-likeness (QED) is 0.819. The third kappa shape index (κ3) is 4.09. The Morgan fingerprint density at radius 3 is 2.54 bits per heavy atom. The van der Waals surface area contributed by atoms with Crippen molar-refractivity contribution in [2.45, 2.75) is 56.7 Å². The summed E-state index contributed by atoms with van der Waals surface area (Å²) in [5.41, 5.74) is -0.268. The summed E-state index contributed by atoms with van der Waals surface area (Å²) in [5, 5.41) is 3.45. The smallest absolute Gasteiger partial charge is 0.144 e. The number of hydrogen-bond acceptors (Lipinski definition) is 3. The number of rotatable bonds is 5. The van der Waals surface area contributed by atoms with Crippen molar-refractivity contribution in [1.29, 1.82) is 0 Å². The lowest BCUT2D eigenvalue weighted by Gasteiger charge is -2.24. The van der Waals surface area contributed by atoms with Gasteiger partial charge < -0.3 is 14.8 Å². The molecule has 0 atom stereocenters. The minimum absolute atomic E-state index is 0.0901. The number of hydrogen-bond donors (Lipinski definition) is 1. The molecule has 2 fully saturated rings. The van der Waals surface area contributed by atoms with Crippen molar-refractivity contribution in [1.82, 2.24) is 19.8 Å². The molecule has 1 aromatic rings. The van der Waals surface area contributed by atoms with Crippen molar-refractivity contribution in [2.75, 3.05) is 32.7 Å². The van der Waals surface area contributed by atoms with Crippen LogP contribution in [0.25, 0.3) is 0 Å². The zero-order chi connectivity index (χ0) is 18.0. The van der Waals surface area contributed by atoms with Crippen molar-refractivity contribution in [2.24, 2.45) is 0 Å². The Morgan fingerprint density at radius 2 is 1.85 bits per heavy atom. The van der Waals surface area contributed by atoms with Crippen LogP contribution in [-0.4, -0.2) is 52.8 Å². The van der Waals surface area contributed by atoms with Gasteiger partial charge in [-0.1, -0.05) is 12.2 Å². The zero-order valence-electron chi connectivity index (χ0n) is 15.8. The van der Waals surface area contributed by atoms with Crippen LogP contribution in [0.4, 0.5) is 4.39 Å². The van der Waals surface area contributed by atoms with E-state index in [1.807, 2.05) is 12.2 Å². The average Bonchev–Trinajstić information content (AvgIpc) is 3.30. The molecule has 26 heavy (non-hydrogen) atoms. The Kier molecular flexibility index (Phi) is 5.28. The molecule has 4 nitrogen and oxygen atoms in total. The van der Waals surface area contributed by atoms with E-state index in [4.69, 9.17) is 4.98 Å². The Morgan fingerprint density at radius 1 is 1.15 bits per heavy atom. The highest BCUT2D eigenvalue weighted by atomic mass is 19.1. The highest BCUT2D eigenvalue weighted by Crippen LogP contribution is 2.31. The van der Waals surface area contributed by atoms with Crippen molar-refractivity contribution in [3.63, 3.8) is 0 Å². The van der Waals surface area contributed by atoms with Gasteiger partial charge in [0.05, 0.1) is 5.69 Å². The van der Waals surface area contributed by atoms with Crippen molar-refractivity contribution in [3.8, 4) is 0 Å². The molecule has 5 heteroatoms. The second-order valence-corrected chi connectivity index (χ2v) is 8.19. The van der Waals surface area contributed by atoms with E-state index >= 15 is 0 Å². The van der Waals surface area contributed by atoms with Gasteiger partial charge in [-0.3, -0.25) is 0 Å². The van der Waals surface area contributed by atoms with Crippen molar-refractivity contribution >= 4 is 0 Å². The standard InChI is InChI=1S/C21H31FN4/c1-21(22)8-4-17(5-9-21)19-16-26(15-14-25-12-2-3-13-25)20(24-19)18-6-10-23-11-7-18/h4-5,8-9,16-18,23H,2-3,6-7,10-15H2,1H3. The van der Waals surface area contributed by atoms with Gasteiger partial charge in [-0.25, -0.2) is 9.37 Å². The number of piperidine rings is 1. The molecule has 0 amide bonds. The van der Waals surface area contributed by atoms with Gasteiger partial charge in [0.15, 0.2) is 0 Å². The first-order valence-corrected chi connectivity index (χ1v) is 10.2. The number of allylic oxidation sites excluding steroid dienone is 4. The molecule has 2 aliphatic heterocycles. The topological polar surface area (TPSA) is 33.1 Å². The maximum atomic E-state index is 14.0. The lowest BCUT2D eigenvalue weighted by molar-refractivity contribution is 0.316. The van der Waals surface area contributed by atoms with Gasteiger partial charge in [0.25, 0.3) is 0 Å². The predicted octanol–water partition coefficient (Wildman–Crippen LogP) is 3.38. The molecular weight excluding hydrogens is 327 g/mol. The number of aromatic nitrogens is 2. The first kappa shape index (κ1) is 17.9. The van der Waals surface area contributed by atoms with Crippen LogP contribution in [0.1, 0.15) is 56.0 Å². The molecule has 4 rings (SSSR count). The molecule has 0 bridgehead atoms. The van der Waals surface area contributed by atoms with Gasteiger partial charge in [-0.2, -0.15) is 0 Å².